The van der Waals surface area contributed by atoms with E-state index >= 15 is 0 Å². The van der Waals surface area contributed by atoms with E-state index in [1.807, 2.05) is 56.3 Å². The molecule has 33 heavy (non-hydrogen) atoms. The van der Waals surface area contributed by atoms with Crippen molar-refractivity contribution in [2.45, 2.75) is 24.8 Å². The van der Waals surface area contributed by atoms with Crippen molar-refractivity contribution in [1.82, 2.24) is 10.4 Å². The molecule has 1 aromatic heterocycles. The van der Waals surface area contributed by atoms with Crippen LogP contribution >= 0.6 is 35.0 Å². The number of nitrogens with one attached hydrogen (secondary N) is 1. The average molecular weight is 504 g/mol. The molecular weight excluding hydrogens is 481 g/mol. The maximum Gasteiger partial charge on any atom is 0.257 e. The number of halogens is 2. The second kappa shape index (κ2) is 9.79. The fraction of sp³-hybridized carbons (Fsp3) is 0.292. The van der Waals surface area contributed by atoms with Gasteiger partial charge >= 0.3 is 0 Å². The Morgan fingerprint density at radius 2 is 2.09 bits per heavy atom. The van der Waals surface area contributed by atoms with Crippen LogP contribution in [0.3, 0.4) is 0 Å². The molecule has 6 nitrogen and oxygen atoms in total. The van der Waals surface area contributed by atoms with E-state index in [9.17, 15) is 4.79 Å². The second-order valence-corrected chi connectivity index (χ2v) is 10.3. The first kappa shape index (κ1) is 23.7. The number of fused-ring (bicyclic) bond motifs is 1. The third-order valence-corrected chi connectivity index (χ3v) is 6.95. The van der Waals surface area contributed by atoms with Crippen molar-refractivity contribution in [3.05, 3.63) is 64.2 Å². The van der Waals surface area contributed by atoms with Crippen LogP contribution in [0.15, 0.2) is 67.8 Å². The van der Waals surface area contributed by atoms with Crippen molar-refractivity contribution >= 4 is 58.2 Å². The lowest BCUT2D eigenvalue weighted by Crippen LogP contribution is -2.21. The third-order valence-electron chi connectivity index (χ3n) is 5.82. The summed E-state index contributed by atoms with van der Waals surface area (Å²) in [5.74, 6) is 0.975. The lowest BCUT2D eigenvalue weighted by atomic mass is 10.1. The molecule has 0 aliphatic heterocycles. The van der Waals surface area contributed by atoms with E-state index in [0.29, 0.717) is 11.0 Å². The number of aromatic nitrogens is 1. The van der Waals surface area contributed by atoms with Gasteiger partial charge in [0.25, 0.3) is 5.22 Å². The Kier molecular flexibility index (Phi) is 7.02. The summed E-state index contributed by atoms with van der Waals surface area (Å²) in [7, 11) is 1.63. The van der Waals surface area contributed by atoms with Gasteiger partial charge in [0.2, 0.25) is 5.91 Å². The Labute approximate surface area is 206 Å². The summed E-state index contributed by atoms with van der Waals surface area (Å²) in [5, 5.41) is 4.73. The van der Waals surface area contributed by atoms with Crippen LogP contribution in [0.4, 0.5) is 0 Å². The SMILES string of the molecule is COc1ccc(C=NNC(=O)[C@@H]2[C@H](C=C(Cl)Cl)C2(C)C)cc1CSc1nc2ccccc2o1. The number of carbonyl (C=O) groups is 1. The van der Waals surface area contributed by atoms with Crippen molar-refractivity contribution in [3.8, 4) is 5.75 Å². The number of hydrogen-bond acceptors (Lipinski definition) is 6. The first-order valence-electron chi connectivity index (χ1n) is 10.3. The molecule has 0 spiro atoms. The number of para-hydroxylation sites is 2. The normalized spacial score (nSPS) is 18.9. The fourth-order valence-corrected chi connectivity index (χ4v) is 5.00. The van der Waals surface area contributed by atoms with Crippen LogP contribution < -0.4 is 10.2 Å². The minimum Gasteiger partial charge on any atom is -0.496 e. The quantitative estimate of drug-likeness (QED) is 0.226. The third kappa shape index (κ3) is 5.37. The van der Waals surface area contributed by atoms with E-state index < -0.39 is 0 Å². The molecule has 1 fully saturated rings. The van der Waals surface area contributed by atoms with Crippen molar-refractivity contribution in [1.29, 1.82) is 0 Å². The first-order valence-corrected chi connectivity index (χ1v) is 12.0. The molecule has 0 saturated heterocycles. The highest BCUT2D eigenvalue weighted by atomic mass is 35.5. The largest absolute Gasteiger partial charge is 0.496 e. The highest BCUT2D eigenvalue weighted by Crippen LogP contribution is 2.59. The molecule has 1 heterocycles. The van der Waals surface area contributed by atoms with Crippen molar-refractivity contribution in [3.63, 3.8) is 0 Å². The Bertz CT molecular complexity index is 1200. The van der Waals surface area contributed by atoms with Gasteiger partial charge in [-0.15, -0.1) is 0 Å². The van der Waals surface area contributed by atoms with Crippen LogP contribution in [0, 0.1) is 17.3 Å². The van der Waals surface area contributed by atoms with E-state index in [1.54, 1.807) is 19.4 Å². The van der Waals surface area contributed by atoms with Gasteiger partial charge in [0, 0.05) is 11.3 Å². The molecule has 1 aliphatic rings. The minimum atomic E-state index is -0.221. The van der Waals surface area contributed by atoms with Crippen LogP contribution in [-0.4, -0.2) is 24.2 Å². The van der Waals surface area contributed by atoms with Gasteiger partial charge in [-0.25, -0.2) is 10.4 Å². The molecule has 1 saturated carbocycles. The maximum absolute atomic E-state index is 12.5. The Morgan fingerprint density at radius 1 is 1.30 bits per heavy atom. The zero-order chi connectivity index (χ0) is 23.6. The van der Waals surface area contributed by atoms with E-state index in [2.05, 4.69) is 15.5 Å². The number of thioether (sulfide) groups is 1. The minimum absolute atomic E-state index is 0.00540. The number of ether oxygens (including phenoxy) is 1. The van der Waals surface area contributed by atoms with E-state index in [0.717, 1.165) is 28.0 Å². The van der Waals surface area contributed by atoms with Gasteiger partial charge in [0.1, 0.15) is 15.8 Å². The Morgan fingerprint density at radius 3 is 2.82 bits per heavy atom. The van der Waals surface area contributed by atoms with Crippen molar-refractivity contribution in [2.24, 2.45) is 22.4 Å². The smallest absolute Gasteiger partial charge is 0.257 e. The number of amides is 1. The molecular formula is C24H23Cl2N3O3S. The van der Waals surface area contributed by atoms with Crippen molar-refractivity contribution < 1.29 is 13.9 Å². The van der Waals surface area contributed by atoms with Gasteiger partial charge in [-0.3, -0.25) is 4.79 Å². The highest BCUT2D eigenvalue weighted by molar-refractivity contribution is 7.98. The van der Waals surface area contributed by atoms with Gasteiger partial charge in [0.15, 0.2) is 5.58 Å². The number of carbonyl (C=O) groups excluding carboxylic acids is 1. The van der Waals surface area contributed by atoms with Gasteiger partial charge in [0.05, 0.1) is 19.2 Å². The molecule has 2 aromatic carbocycles. The lowest BCUT2D eigenvalue weighted by Gasteiger charge is -2.08. The number of methoxy groups -OCH3 is 1. The summed E-state index contributed by atoms with van der Waals surface area (Å²) in [4.78, 5) is 17.0. The second-order valence-electron chi connectivity index (χ2n) is 8.32. The van der Waals surface area contributed by atoms with E-state index in [1.165, 1.54) is 11.8 Å². The summed E-state index contributed by atoms with van der Waals surface area (Å²) in [5.41, 5.74) is 5.80. The highest BCUT2D eigenvalue weighted by Gasteiger charge is 2.60. The van der Waals surface area contributed by atoms with Crippen molar-refractivity contribution in [2.75, 3.05) is 7.11 Å². The topological polar surface area (TPSA) is 76.7 Å². The molecule has 1 N–H and O–H groups in total. The zero-order valence-electron chi connectivity index (χ0n) is 18.3. The van der Waals surface area contributed by atoms with E-state index in [4.69, 9.17) is 32.4 Å². The van der Waals surface area contributed by atoms with Crippen LogP contribution in [-0.2, 0) is 10.5 Å². The van der Waals surface area contributed by atoms with Crippen LogP contribution in [0.25, 0.3) is 11.1 Å². The number of nitrogens with zero attached hydrogens (tertiary/aromatic N) is 2. The first-order chi connectivity index (χ1) is 15.8. The summed E-state index contributed by atoms with van der Waals surface area (Å²) >= 11 is 13.0. The maximum atomic E-state index is 12.5. The number of hydrazone groups is 1. The van der Waals surface area contributed by atoms with Gasteiger partial charge in [-0.2, -0.15) is 5.10 Å². The molecule has 3 aromatic rings. The van der Waals surface area contributed by atoms with Gasteiger partial charge in [-0.1, -0.05) is 60.9 Å². The number of hydrogen-bond donors (Lipinski definition) is 1. The number of oxazole rings is 1. The predicted molar refractivity (Wildman–Crippen MR) is 133 cm³/mol. The molecule has 172 valence electrons. The summed E-state index contributed by atoms with van der Waals surface area (Å²) < 4.78 is 11.4. The summed E-state index contributed by atoms with van der Waals surface area (Å²) in [6.45, 7) is 4.01. The number of benzene rings is 2. The van der Waals surface area contributed by atoms with Crippen LogP contribution in [0.5, 0.6) is 5.75 Å². The molecule has 0 unspecified atom stereocenters. The molecule has 4 rings (SSSR count). The number of allylic oxidation sites excluding steroid dienone is 1. The number of rotatable bonds is 8. The predicted octanol–water partition coefficient (Wildman–Crippen LogP) is 6.17. The molecule has 1 amide bonds. The Hall–Kier alpha value is -2.48. The zero-order valence-corrected chi connectivity index (χ0v) is 20.7. The van der Waals surface area contributed by atoms with Gasteiger partial charge in [-0.05, 0) is 53.3 Å². The Balaban J connectivity index is 1.40. The summed E-state index contributed by atoms with van der Waals surface area (Å²) in [6, 6.07) is 13.4. The van der Waals surface area contributed by atoms with Crippen LogP contribution in [0.1, 0.15) is 25.0 Å². The average Bonchev–Trinajstić information content (AvgIpc) is 3.11. The summed E-state index contributed by atoms with van der Waals surface area (Å²) in [6.07, 6.45) is 3.32. The molecule has 0 bridgehead atoms. The standard InChI is InChI=1S/C24H23Cl2N3O3S/c1-24(2)16(11-20(25)26)21(24)22(30)29-27-12-14-8-9-18(31-3)15(10-14)13-33-23-28-17-6-4-5-7-19(17)32-23/h4-12,16,21H,13H2,1-3H3,(H,29,30)/t16-,21-/m0/s1. The molecule has 0 radical (unpaired) electrons. The molecule has 2 atom stereocenters. The van der Waals surface area contributed by atoms with Gasteiger partial charge < -0.3 is 9.15 Å². The molecule has 9 heteroatoms. The molecule has 1 aliphatic carbocycles. The van der Waals surface area contributed by atoms with Crippen LogP contribution in [0.2, 0.25) is 0 Å². The monoisotopic (exact) mass is 503 g/mol. The lowest BCUT2D eigenvalue weighted by molar-refractivity contribution is -0.123. The fourth-order valence-electron chi connectivity index (χ4n) is 3.91. The van der Waals surface area contributed by atoms with E-state index in [-0.39, 0.29) is 27.6 Å².